The van der Waals surface area contributed by atoms with Gasteiger partial charge in [0.1, 0.15) is 12.4 Å². The molecule has 0 radical (unpaired) electrons. The van der Waals surface area contributed by atoms with E-state index in [1.807, 2.05) is 68.4 Å². The minimum Gasteiger partial charge on any atom is -0.506 e. The number of para-hydroxylation sites is 2. The molecule has 5 rings (SSSR count). The van der Waals surface area contributed by atoms with E-state index >= 15 is 0 Å². The monoisotopic (exact) mass is 541 g/mol. The quantitative estimate of drug-likeness (QED) is 0.275. The molecule has 0 spiro atoms. The van der Waals surface area contributed by atoms with Crippen molar-refractivity contribution in [3.05, 3.63) is 101 Å². The number of aromatic hydroxyl groups is 1. The number of phenols is 1. The summed E-state index contributed by atoms with van der Waals surface area (Å²) in [6, 6.07) is 20.8. The molecule has 1 aliphatic rings. The molecule has 2 unspecified atom stereocenters. The molecule has 1 saturated heterocycles. The number of aryl methyl sites for hydroxylation is 2. The highest BCUT2D eigenvalue weighted by atomic mass is 32.1. The zero-order valence-electron chi connectivity index (χ0n) is 22.3. The summed E-state index contributed by atoms with van der Waals surface area (Å²) in [6.07, 6.45) is 1.78. The maximum absolute atomic E-state index is 12.1. The highest BCUT2D eigenvalue weighted by Crippen LogP contribution is 2.44. The van der Waals surface area contributed by atoms with E-state index in [2.05, 4.69) is 38.1 Å². The predicted octanol–water partition coefficient (Wildman–Crippen LogP) is 5.27. The number of methoxy groups -OCH3 is 1. The fraction of sp³-hybridized carbons (Fsp3) is 0.233. The summed E-state index contributed by atoms with van der Waals surface area (Å²) in [5, 5.41) is 17.6. The van der Waals surface area contributed by atoms with Crippen molar-refractivity contribution in [2.24, 2.45) is 0 Å². The van der Waals surface area contributed by atoms with E-state index in [4.69, 9.17) is 17.0 Å². The van der Waals surface area contributed by atoms with Crippen molar-refractivity contribution >= 4 is 34.6 Å². The summed E-state index contributed by atoms with van der Waals surface area (Å²) in [7, 11) is 1.49. The molecule has 8 nitrogen and oxygen atoms in total. The number of thiocarbonyl (C=S) groups is 1. The van der Waals surface area contributed by atoms with E-state index in [1.54, 1.807) is 12.3 Å². The number of hydrogen-bond acceptors (Lipinski definition) is 5. The largest absolute Gasteiger partial charge is 0.506 e. The van der Waals surface area contributed by atoms with Gasteiger partial charge in [0, 0.05) is 36.1 Å². The van der Waals surface area contributed by atoms with Crippen LogP contribution in [0.1, 0.15) is 40.3 Å². The van der Waals surface area contributed by atoms with Crippen LogP contribution in [0.25, 0.3) is 5.69 Å². The molecule has 9 heteroatoms. The van der Waals surface area contributed by atoms with E-state index in [0.29, 0.717) is 5.11 Å². The number of rotatable bonds is 7. The summed E-state index contributed by atoms with van der Waals surface area (Å²) in [6.45, 7) is 6.03. The Morgan fingerprint density at radius 1 is 1.10 bits per heavy atom. The Morgan fingerprint density at radius 2 is 1.87 bits per heavy atom. The number of ether oxygens (including phenoxy) is 1. The molecule has 1 amide bonds. The molecular weight excluding hydrogens is 510 g/mol. The number of benzene rings is 2. The maximum Gasteiger partial charge on any atom is 0.250 e. The van der Waals surface area contributed by atoms with Gasteiger partial charge in [0.15, 0.2) is 5.11 Å². The van der Waals surface area contributed by atoms with Gasteiger partial charge in [-0.15, -0.1) is 0 Å². The Labute approximate surface area is 233 Å². The summed E-state index contributed by atoms with van der Waals surface area (Å²) in [5.41, 5.74) is 7.17. The van der Waals surface area contributed by atoms with E-state index in [0.717, 1.165) is 45.3 Å². The molecule has 0 bridgehead atoms. The second kappa shape index (κ2) is 10.9. The van der Waals surface area contributed by atoms with Gasteiger partial charge in [0.2, 0.25) is 5.91 Å². The minimum atomic E-state index is -0.216. The van der Waals surface area contributed by atoms with Gasteiger partial charge in [-0.25, -0.2) is 0 Å². The number of amides is 1. The number of phenolic OH excluding ortho intramolecular Hbond substituents is 1. The lowest BCUT2D eigenvalue weighted by atomic mass is 9.96. The summed E-state index contributed by atoms with van der Waals surface area (Å²) in [4.78, 5) is 18.9. The van der Waals surface area contributed by atoms with E-state index < -0.39 is 0 Å². The van der Waals surface area contributed by atoms with Crippen LogP contribution in [0.2, 0.25) is 0 Å². The van der Waals surface area contributed by atoms with Crippen LogP contribution in [0.4, 0.5) is 11.4 Å². The molecule has 39 heavy (non-hydrogen) atoms. The minimum absolute atomic E-state index is 0.0122. The van der Waals surface area contributed by atoms with Gasteiger partial charge in [-0.3, -0.25) is 9.78 Å². The van der Waals surface area contributed by atoms with Gasteiger partial charge in [-0.2, -0.15) is 0 Å². The Morgan fingerprint density at radius 3 is 2.56 bits per heavy atom. The second-order valence-corrected chi connectivity index (χ2v) is 10.0. The zero-order valence-corrected chi connectivity index (χ0v) is 23.1. The average molecular weight is 542 g/mol. The molecular formula is C30H31N5O3S. The van der Waals surface area contributed by atoms with Gasteiger partial charge in [-0.1, -0.05) is 18.2 Å². The molecule has 0 saturated carbocycles. The molecule has 1 fully saturated rings. The van der Waals surface area contributed by atoms with Crippen LogP contribution in [-0.2, 0) is 9.53 Å². The van der Waals surface area contributed by atoms with Gasteiger partial charge in [0.05, 0.1) is 23.5 Å². The number of pyridine rings is 1. The van der Waals surface area contributed by atoms with Crippen LogP contribution >= 0.6 is 12.2 Å². The highest BCUT2D eigenvalue weighted by molar-refractivity contribution is 7.80. The van der Waals surface area contributed by atoms with Gasteiger partial charge in [0.25, 0.3) is 0 Å². The lowest BCUT2D eigenvalue weighted by Gasteiger charge is -2.29. The highest BCUT2D eigenvalue weighted by Gasteiger charge is 2.42. The van der Waals surface area contributed by atoms with Gasteiger partial charge >= 0.3 is 0 Å². The van der Waals surface area contributed by atoms with Gasteiger partial charge < -0.3 is 29.9 Å². The molecule has 2 aromatic heterocycles. The van der Waals surface area contributed by atoms with Crippen LogP contribution in [0, 0.1) is 20.8 Å². The molecule has 2 atom stereocenters. The summed E-state index contributed by atoms with van der Waals surface area (Å²) in [5.74, 6) is 0.00203. The van der Waals surface area contributed by atoms with Crippen LogP contribution < -0.4 is 15.5 Å². The first-order valence-electron chi connectivity index (χ1n) is 12.7. The van der Waals surface area contributed by atoms with Crippen molar-refractivity contribution in [1.82, 2.24) is 14.9 Å². The third kappa shape index (κ3) is 4.98. The van der Waals surface area contributed by atoms with E-state index in [1.165, 1.54) is 7.11 Å². The molecule has 3 N–H and O–H groups in total. The van der Waals surface area contributed by atoms with E-state index in [-0.39, 0.29) is 30.3 Å². The fourth-order valence-corrected chi connectivity index (χ4v) is 5.66. The second-order valence-electron chi connectivity index (χ2n) is 9.63. The predicted molar refractivity (Wildman–Crippen MR) is 157 cm³/mol. The Bertz CT molecular complexity index is 1540. The average Bonchev–Trinajstić information content (AvgIpc) is 3.41. The standard InChI is InChI=1S/C30H31N5O3S/c1-18-15-21(12-13-23(18)32-27(37)17-38-4)35-29(28(33-30(35)39)24-9-7-8-14-31-24)22-16-19(2)34(20(22)3)25-10-5-6-11-26(25)36/h5-16,28-29,36H,17H2,1-4H3,(H,32,37)(H,33,39). The number of hydrogen-bond donors (Lipinski definition) is 3. The van der Waals surface area contributed by atoms with Crippen LogP contribution in [0.15, 0.2) is 72.9 Å². The van der Waals surface area contributed by atoms with Crippen LogP contribution in [-0.4, -0.2) is 39.4 Å². The molecule has 0 aliphatic carbocycles. The van der Waals surface area contributed by atoms with Crippen molar-refractivity contribution < 1.29 is 14.6 Å². The van der Waals surface area contributed by atoms with Crippen molar-refractivity contribution in [3.63, 3.8) is 0 Å². The van der Waals surface area contributed by atoms with Crippen molar-refractivity contribution in [3.8, 4) is 11.4 Å². The van der Waals surface area contributed by atoms with Crippen molar-refractivity contribution in [2.45, 2.75) is 32.9 Å². The van der Waals surface area contributed by atoms with Crippen molar-refractivity contribution in [2.75, 3.05) is 23.9 Å². The third-order valence-electron chi connectivity index (χ3n) is 7.05. The first-order chi connectivity index (χ1) is 18.8. The Kier molecular flexibility index (Phi) is 7.36. The molecule has 3 heterocycles. The smallest absolute Gasteiger partial charge is 0.250 e. The number of anilines is 2. The number of carbonyl (C=O) groups excluding carboxylic acids is 1. The zero-order chi connectivity index (χ0) is 27.7. The summed E-state index contributed by atoms with van der Waals surface area (Å²) < 4.78 is 7.01. The normalized spacial score (nSPS) is 16.8. The topological polar surface area (TPSA) is 91.7 Å². The molecule has 4 aromatic rings. The third-order valence-corrected chi connectivity index (χ3v) is 7.36. The number of nitrogens with one attached hydrogen (secondary N) is 2. The van der Waals surface area contributed by atoms with Crippen molar-refractivity contribution in [1.29, 1.82) is 0 Å². The first-order valence-corrected chi connectivity index (χ1v) is 13.1. The Hall–Kier alpha value is -4.21. The fourth-order valence-electron chi connectivity index (χ4n) is 5.32. The van der Waals surface area contributed by atoms with Crippen LogP contribution in [0.3, 0.4) is 0 Å². The molecule has 1 aliphatic heterocycles. The SMILES string of the molecule is COCC(=O)Nc1ccc(N2C(=S)NC(c3ccccn3)C2c2cc(C)n(-c3ccccc3O)c2C)cc1C. The van der Waals surface area contributed by atoms with E-state index in [9.17, 15) is 9.90 Å². The molecule has 200 valence electrons. The number of carbonyl (C=O) groups is 1. The number of aromatic nitrogens is 2. The van der Waals surface area contributed by atoms with Crippen LogP contribution in [0.5, 0.6) is 5.75 Å². The lowest BCUT2D eigenvalue weighted by molar-refractivity contribution is -0.119. The summed E-state index contributed by atoms with van der Waals surface area (Å²) >= 11 is 5.91. The molecule has 2 aromatic carbocycles. The lowest BCUT2D eigenvalue weighted by Crippen LogP contribution is -2.29. The Balaban J connectivity index is 1.62. The number of nitrogens with zero attached hydrogens (tertiary/aromatic N) is 3. The first kappa shape index (κ1) is 26.4. The van der Waals surface area contributed by atoms with Gasteiger partial charge in [-0.05, 0) is 92.6 Å². The maximum atomic E-state index is 12.1.